The lowest BCUT2D eigenvalue weighted by atomic mass is 10.1. The Hall–Kier alpha value is -2.12. The number of primary amides is 1. The van der Waals surface area contributed by atoms with Gasteiger partial charge in [0.15, 0.2) is 0 Å². The highest BCUT2D eigenvalue weighted by Gasteiger charge is 2.15. The van der Waals surface area contributed by atoms with Crippen molar-refractivity contribution in [1.82, 2.24) is 15.0 Å². The summed E-state index contributed by atoms with van der Waals surface area (Å²) in [6.07, 6.45) is 3.47. The first kappa shape index (κ1) is 12.3. The van der Waals surface area contributed by atoms with Gasteiger partial charge in [-0.05, 0) is 19.3 Å². The van der Waals surface area contributed by atoms with Crippen molar-refractivity contribution in [2.45, 2.75) is 19.3 Å². The molecule has 8 heteroatoms. The monoisotopic (exact) mass is 251 g/mol. The normalized spacial score (nSPS) is 15.4. The number of hydrogen-bond donors (Lipinski definition) is 3. The van der Waals surface area contributed by atoms with E-state index in [0.29, 0.717) is 5.95 Å². The van der Waals surface area contributed by atoms with Gasteiger partial charge in [-0.2, -0.15) is 15.0 Å². The summed E-state index contributed by atoms with van der Waals surface area (Å²) in [7, 11) is 0. The zero-order valence-electron chi connectivity index (χ0n) is 10.1. The van der Waals surface area contributed by atoms with E-state index in [1.54, 1.807) is 0 Å². The van der Waals surface area contributed by atoms with Crippen molar-refractivity contribution in [3.63, 3.8) is 0 Å². The first-order valence-corrected chi connectivity index (χ1v) is 5.94. The van der Waals surface area contributed by atoms with Gasteiger partial charge in [0.2, 0.25) is 23.8 Å². The van der Waals surface area contributed by atoms with Gasteiger partial charge >= 0.3 is 0 Å². The van der Waals surface area contributed by atoms with Gasteiger partial charge in [-0.3, -0.25) is 4.79 Å². The minimum absolute atomic E-state index is 0.0249. The van der Waals surface area contributed by atoms with Crippen LogP contribution in [0.4, 0.5) is 17.8 Å². The number of amides is 1. The minimum atomic E-state index is -0.478. The van der Waals surface area contributed by atoms with Crippen LogP contribution in [0.25, 0.3) is 0 Å². The molecular weight excluding hydrogens is 234 g/mol. The fourth-order valence-corrected chi connectivity index (χ4v) is 1.86. The van der Waals surface area contributed by atoms with Crippen molar-refractivity contribution < 1.29 is 4.79 Å². The molecule has 1 saturated heterocycles. The molecule has 2 rings (SSSR count). The molecule has 2 heterocycles. The van der Waals surface area contributed by atoms with Crippen LogP contribution in [0.1, 0.15) is 19.3 Å². The number of rotatable bonds is 4. The summed E-state index contributed by atoms with van der Waals surface area (Å²) in [5.74, 6) is 0.488. The van der Waals surface area contributed by atoms with Gasteiger partial charge in [0.25, 0.3) is 0 Å². The van der Waals surface area contributed by atoms with Crippen LogP contribution in [-0.2, 0) is 4.79 Å². The Bertz CT molecular complexity index is 430. The van der Waals surface area contributed by atoms with Crippen molar-refractivity contribution in [2.24, 2.45) is 5.73 Å². The molecule has 1 fully saturated rings. The van der Waals surface area contributed by atoms with E-state index in [2.05, 4.69) is 25.2 Å². The number of hydrogen-bond acceptors (Lipinski definition) is 7. The molecule has 0 aliphatic carbocycles. The molecule has 98 valence electrons. The maximum atomic E-state index is 10.7. The third-order valence-electron chi connectivity index (χ3n) is 2.70. The average molecular weight is 251 g/mol. The quantitative estimate of drug-likeness (QED) is 0.649. The number of carbonyl (C=O) groups is 1. The molecule has 0 bridgehead atoms. The average Bonchev–Trinajstić information content (AvgIpc) is 2.37. The van der Waals surface area contributed by atoms with Crippen LogP contribution in [-0.4, -0.2) is 40.5 Å². The van der Waals surface area contributed by atoms with E-state index in [9.17, 15) is 4.79 Å². The molecule has 1 aromatic heterocycles. The number of anilines is 3. The molecule has 0 aromatic carbocycles. The van der Waals surface area contributed by atoms with Crippen LogP contribution >= 0.6 is 0 Å². The molecule has 0 unspecified atom stereocenters. The third-order valence-corrected chi connectivity index (χ3v) is 2.70. The molecule has 1 aromatic rings. The van der Waals surface area contributed by atoms with Crippen LogP contribution in [0.3, 0.4) is 0 Å². The molecule has 1 amide bonds. The van der Waals surface area contributed by atoms with Crippen molar-refractivity contribution in [3.05, 3.63) is 0 Å². The molecule has 1 aliphatic rings. The van der Waals surface area contributed by atoms with Crippen LogP contribution in [0.5, 0.6) is 0 Å². The summed E-state index contributed by atoms with van der Waals surface area (Å²) < 4.78 is 0. The van der Waals surface area contributed by atoms with Crippen molar-refractivity contribution in [3.8, 4) is 0 Å². The van der Waals surface area contributed by atoms with E-state index in [1.807, 2.05) is 0 Å². The van der Waals surface area contributed by atoms with E-state index in [4.69, 9.17) is 11.5 Å². The molecule has 0 spiro atoms. The Kier molecular flexibility index (Phi) is 3.75. The smallest absolute Gasteiger partial charge is 0.236 e. The molecular formula is C10H17N7O. The zero-order valence-corrected chi connectivity index (χ0v) is 10.1. The van der Waals surface area contributed by atoms with Crippen LogP contribution in [0.2, 0.25) is 0 Å². The number of carbonyl (C=O) groups excluding carboxylic acids is 1. The van der Waals surface area contributed by atoms with Gasteiger partial charge in [-0.15, -0.1) is 0 Å². The fraction of sp³-hybridized carbons (Fsp3) is 0.600. The van der Waals surface area contributed by atoms with Crippen LogP contribution < -0.4 is 21.7 Å². The van der Waals surface area contributed by atoms with Crippen molar-refractivity contribution in [1.29, 1.82) is 0 Å². The highest BCUT2D eigenvalue weighted by molar-refractivity contribution is 5.78. The van der Waals surface area contributed by atoms with Crippen LogP contribution in [0, 0.1) is 0 Å². The van der Waals surface area contributed by atoms with E-state index >= 15 is 0 Å². The topological polar surface area (TPSA) is 123 Å². The Morgan fingerprint density at radius 2 is 1.94 bits per heavy atom. The first-order chi connectivity index (χ1) is 8.65. The largest absolute Gasteiger partial charge is 0.368 e. The Morgan fingerprint density at radius 1 is 1.22 bits per heavy atom. The number of aromatic nitrogens is 3. The summed E-state index contributed by atoms with van der Waals surface area (Å²) in [4.78, 5) is 25.0. The lowest BCUT2D eigenvalue weighted by Gasteiger charge is -2.26. The van der Waals surface area contributed by atoms with Crippen molar-refractivity contribution in [2.75, 3.05) is 35.6 Å². The highest BCUT2D eigenvalue weighted by Crippen LogP contribution is 2.17. The minimum Gasteiger partial charge on any atom is -0.368 e. The number of nitrogen functional groups attached to an aromatic ring is 1. The van der Waals surface area contributed by atoms with Gasteiger partial charge in [0.1, 0.15) is 0 Å². The predicted octanol–water partition coefficient (Wildman–Crippen LogP) is -0.659. The fourth-order valence-electron chi connectivity index (χ4n) is 1.86. The number of nitrogens with two attached hydrogens (primary N) is 2. The molecule has 0 atom stereocenters. The summed E-state index contributed by atoms with van der Waals surface area (Å²) in [5.41, 5.74) is 10.7. The molecule has 18 heavy (non-hydrogen) atoms. The van der Waals surface area contributed by atoms with Gasteiger partial charge in [0, 0.05) is 13.1 Å². The standard InChI is InChI=1S/C10H17N7O/c11-7(18)6-13-9-14-8(12)15-10(16-9)17-4-2-1-3-5-17/h1-6H2,(H2,11,18)(H3,12,13,14,15,16). The first-order valence-electron chi connectivity index (χ1n) is 5.94. The van der Waals surface area contributed by atoms with Crippen LogP contribution in [0.15, 0.2) is 0 Å². The molecule has 5 N–H and O–H groups in total. The number of nitrogens with zero attached hydrogens (tertiary/aromatic N) is 4. The van der Waals surface area contributed by atoms with E-state index < -0.39 is 5.91 Å². The zero-order chi connectivity index (χ0) is 13.0. The Balaban J connectivity index is 2.12. The summed E-state index contributed by atoms with van der Waals surface area (Å²) in [6.45, 7) is 1.81. The second-order valence-corrected chi connectivity index (χ2v) is 4.18. The molecule has 8 nitrogen and oxygen atoms in total. The summed E-state index contributed by atoms with van der Waals surface area (Å²) in [6, 6.07) is 0. The van der Waals surface area contributed by atoms with Gasteiger partial charge in [0.05, 0.1) is 6.54 Å². The third kappa shape index (κ3) is 3.19. The lowest BCUT2D eigenvalue weighted by Crippen LogP contribution is -2.32. The molecule has 0 radical (unpaired) electrons. The summed E-state index contributed by atoms with van der Waals surface area (Å²) >= 11 is 0. The van der Waals surface area contributed by atoms with Crippen molar-refractivity contribution >= 4 is 23.8 Å². The molecule has 1 aliphatic heterocycles. The highest BCUT2D eigenvalue weighted by atomic mass is 16.1. The maximum Gasteiger partial charge on any atom is 0.236 e. The van der Waals surface area contributed by atoms with Gasteiger partial charge < -0.3 is 21.7 Å². The second kappa shape index (κ2) is 5.48. The Morgan fingerprint density at radius 3 is 2.61 bits per heavy atom. The van der Waals surface area contributed by atoms with Gasteiger partial charge in [-0.1, -0.05) is 0 Å². The summed E-state index contributed by atoms with van der Waals surface area (Å²) in [5, 5.41) is 2.72. The maximum absolute atomic E-state index is 10.7. The lowest BCUT2D eigenvalue weighted by molar-refractivity contribution is -0.116. The number of nitrogens with one attached hydrogen (secondary N) is 1. The molecule has 0 saturated carbocycles. The SMILES string of the molecule is NC(=O)CNc1nc(N)nc(N2CCCCC2)n1. The van der Waals surface area contributed by atoms with E-state index in [1.165, 1.54) is 6.42 Å². The van der Waals surface area contributed by atoms with E-state index in [-0.39, 0.29) is 18.4 Å². The van der Waals surface area contributed by atoms with Gasteiger partial charge in [-0.25, -0.2) is 0 Å². The Labute approximate surface area is 105 Å². The number of piperidine rings is 1. The predicted molar refractivity (Wildman–Crippen MR) is 68.0 cm³/mol. The van der Waals surface area contributed by atoms with E-state index in [0.717, 1.165) is 25.9 Å². The second-order valence-electron chi connectivity index (χ2n) is 4.18.